The lowest BCUT2D eigenvalue weighted by atomic mass is 10.3. The number of halogens is 2. The van der Waals surface area contributed by atoms with Crippen LogP contribution in [0.4, 0.5) is 17.2 Å². The third kappa shape index (κ3) is 2.39. The van der Waals surface area contributed by atoms with Gasteiger partial charge in [-0.1, -0.05) is 23.2 Å². The van der Waals surface area contributed by atoms with Gasteiger partial charge < -0.3 is 5.73 Å². The number of aromatic amines is 1. The van der Waals surface area contributed by atoms with Gasteiger partial charge in [0.2, 0.25) is 0 Å². The summed E-state index contributed by atoms with van der Waals surface area (Å²) in [5.74, 6) is 0.149. The minimum Gasteiger partial charge on any atom is -0.382 e. The average molecular weight is 286 g/mol. The number of rotatable bonds is 2. The van der Waals surface area contributed by atoms with E-state index in [2.05, 4.69) is 15.3 Å². The van der Waals surface area contributed by atoms with Crippen molar-refractivity contribution in [2.45, 2.75) is 0 Å². The first kappa shape index (κ1) is 12.7. The minimum absolute atomic E-state index is 0.0449. The number of aryl methyl sites for hydroxylation is 1. The first-order chi connectivity index (χ1) is 8.49. The van der Waals surface area contributed by atoms with E-state index in [1.807, 2.05) is 0 Å². The number of nitrogens with two attached hydrogens (primary N) is 1. The Hall–Kier alpha value is -1.79. The van der Waals surface area contributed by atoms with Gasteiger partial charge >= 0.3 is 0 Å². The van der Waals surface area contributed by atoms with Crippen LogP contribution < -0.4 is 11.3 Å². The Labute approximate surface area is 112 Å². The van der Waals surface area contributed by atoms with E-state index < -0.39 is 0 Å². The van der Waals surface area contributed by atoms with E-state index in [-0.39, 0.29) is 17.1 Å². The first-order valence-electron chi connectivity index (χ1n) is 4.90. The number of nitrogen functional groups attached to an aromatic ring is 1. The van der Waals surface area contributed by atoms with Crippen LogP contribution in [0, 0.1) is 0 Å². The van der Waals surface area contributed by atoms with E-state index in [0.717, 1.165) is 0 Å². The smallest absolute Gasteiger partial charge is 0.296 e. The second-order valence-corrected chi connectivity index (χ2v) is 4.38. The standard InChI is InChI=1S/C10H9Cl2N5O/c1-17-10(18)8(9(13)16-17)15-14-7-3-2-5(11)4-6(7)12/h2-4,16H,13H2,1H3. The maximum atomic E-state index is 11.6. The van der Waals surface area contributed by atoms with Crippen LogP contribution in [0.2, 0.25) is 10.0 Å². The van der Waals surface area contributed by atoms with Crippen molar-refractivity contribution in [3.8, 4) is 0 Å². The minimum atomic E-state index is -0.360. The number of benzene rings is 1. The highest BCUT2D eigenvalue weighted by Gasteiger charge is 2.09. The van der Waals surface area contributed by atoms with Crippen molar-refractivity contribution in [2.24, 2.45) is 17.3 Å². The highest BCUT2D eigenvalue weighted by atomic mass is 35.5. The van der Waals surface area contributed by atoms with Gasteiger partial charge in [-0.2, -0.15) is 0 Å². The fraction of sp³-hybridized carbons (Fsp3) is 0.100. The van der Waals surface area contributed by atoms with Crippen LogP contribution in [0.15, 0.2) is 33.2 Å². The Morgan fingerprint density at radius 3 is 2.61 bits per heavy atom. The molecule has 0 aliphatic heterocycles. The number of hydrogen-bond acceptors (Lipinski definition) is 4. The Morgan fingerprint density at radius 1 is 1.33 bits per heavy atom. The molecule has 0 saturated carbocycles. The second kappa shape index (κ2) is 4.83. The Balaban J connectivity index is 2.39. The van der Waals surface area contributed by atoms with Gasteiger partial charge in [0.25, 0.3) is 5.56 Å². The van der Waals surface area contributed by atoms with Gasteiger partial charge in [-0.25, -0.2) is 0 Å². The lowest BCUT2D eigenvalue weighted by Gasteiger charge is -1.96. The summed E-state index contributed by atoms with van der Waals surface area (Å²) in [5, 5.41) is 11.1. The average Bonchev–Trinajstić information content (AvgIpc) is 2.53. The summed E-state index contributed by atoms with van der Waals surface area (Å²) in [6.45, 7) is 0. The van der Waals surface area contributed by atoms with E-state index in [1.54, 1.807) is 12.1 Å². The van der Waals surface area contributed by atoms with Crippen molar-refractivity contribution in [2.75, 3.05) is 5.73 Å². The van der Waals surface area contributed by atoms with Gasteiger partial charge in [0, 0.05) is 12.1 Å². The van der Waals surface area contributed by atoms with Crippen LogP contribution in [-0.2, 0) is 7.05 Å². The molecule has 0 amide bonds. The molecule has 1 heterocycles. The van der Waals surface area contributed by atoms with E-state index in [1.165, 1.54) is 17.8 Å². The molecule has 2 aromatic rings. The van der Waals surface area contributed by atoms with Crippen molar-refractivity contribution in [1.82, 2.24) is 9.78 Å². The zero-order valence-electron chi connectivity index (χ0n) is 9.32. The molecule has 0 aliphatic rings. The summed E-state index contributed by atoms with van der Waals surface area (Å²) in [6, 6.07) is 4.76. The Morgan fingerprint density at radius 2 is 2.06 bits per heavy atom. The molecule has 0 spiro atoms. The van der Waals surface area contributed by atoms with Crippen LogP contribution in [0.5, 0.6) is 0 Å². The number of aromatic nitrogens is 2. The van der Waals surface area contributed by atoms with Crippen LogP contribution in [0.1, 0.15) is 0 Å². The van der Waals surface area contributed by atoms with Gasteiger partial charge in [0.15, 0.2) is 5.69 Å². The molecule has 0 bridgehead atoms. The molecule has 1 aromatic heterocycles. The molecule has 8 heteroatoms. The maximum absolute atomic E-state index is 11.6. The molecule has 3 N–H and O–H groups in total. The van der Waals surface area contributed by atoms with Gasteiger partial charge in [0.05, 0.1) is 5.02 Å². The predicted octanol–water partition coefficient (Wildman–Crippen LogP) is 3.02. The fourth-order valence-corrected chi connectivity index (χ4v) is 1.77. The van der Waals surface area contributed by atoms with Gasteiger partial charge in [-0.15, -0.1) is 10.2 Å². The molecule has 2 rings (SSSR count). The van der Waals surface area contributed by atoms with E-state index in [0.29, 0.717) is 15.7 Å². The Kier molecular flexibility index (Phi) is 3.40. The predicted molar refractivity (Wildman–Crippen MR) is 71.1 cm³/mol. The molecular formula is C10H9Cl2N5O. The van der Waals surface area contributed by atoms with Gasteiger partial charge in [-0.05, 0) is 18.2 Å². The number of hydrogen-bond donors (Lipinski definition) is 2. The molecule has 0 atom stereocenters. The highest BCUT2D eigenvalue weighted by molar-refractivity contribution is 6.36. The first-order valence-corrected chi connectivity index (χ1v) is 5.66. The number of H-pyrrole nitrogens is 1. The largest absolute Gasteiger partial charge is 0.382 e. The lowest BCUT2D eigenvalue weighted by molar-refractivity contribution is 0.743. The number of anilines is 1. The topological polar surface area (TPSA) is 88.5 Å². The summed E-state index contributed by atoms with van der Waals surface area (Å²) < 4.78 is 1.22. The quantitative estimate of drug-likeness (QED) is 0.831. The third-order valence-electron chi connectivity index (χ3n) is 2.22. The van der Waals surface area contributed by atoms with E-state index in [9.17, 15) is 4.79 Å². The van der Waals surface area contributed by atoms with Crippen LogP contribution in [0.25, 0.3) is 0 Å². The molecule has 0 saturated heterocycles. The monoisotopic (exact) mass is 285 g/mol. The number of nitrogens with one attached hydrogen (secondary N) is 1. The molecule has 6 nitrogen and oxygen atoms in total. The van der Waals surface area contributed by atoms with E-state index in [4.69, 9.17) is 28.9 Å². The van der Waals surface area contributed by atoms with Crippen LogP contribution >= 0.6 is 23.2 Å². The summed E-state index contributed by atoms with van der Waals surface area (Å²) in [5.41, 5.74) is 5.68. The van der Waals surface area contributed by atoms with Crippen molar-refractivity contribution >= 4 is 40.4 Å². The molecule has 18 heavy (non-hydrogen) atoms. The lowest BCUT2D eigenvalue weighted by Crippen LogP contribution is -2.10. The molecule has 0 radical (unpaired) electrons. The normalized spacial score (nSPS) is 11.3. The SMILES string of the molecule is Cn1[nH]c(N)c(N=Nc2ccc(Cl)cc2Cl)c1=O. The summed E-state index contributed by atoms with van der Waals surface area (Å²) in [6.07, 6.45) is 0. The zero-order valence-corrected chi connectivity index (χ0v) is 10.8. The molecule has 1 aromatic carbocycles. The fourth-order valence-electron chi connectivity index (χ4n) is 1.32. The van der Waals surface area contributed by atoms with E-state index >= 15 is 0 Å². The van der Waals surface area contributed by atoms with Crippen molar-refractivity contribution in [1.29, 1.82) is 0 Å². The molecule has 0 fully saturated rings. The van der Waals surface area contributed by atoms with Gasteiger partial charge in [0.1, 0.15) is 11.5 Å². The summed E-state index contributed by atoms with van der Waals surface area (Å²) in [4.78, 5) is 11.6. The van der Waals surface area contributed by atoms with Crippen LogP contribution in [-0.4, -0.2) is 9.78 Å². The molecule has 0 aliphatic carbocycles. The molecular weight excluding hydrogens is 277 g/mol. The van der Waals surface area contributed by atoms with Gasteiger partial charge in [-0.3, -0.25) is 14.6 Å². The third-order valence-corrected chi connectivity index (χ3v) is 2.76. The van der Waals surface area contributed by atoms with Crippen molar-refractivity contribution < 1.29 is 0 Å². The van der Waals surface area contributed by atoms with Crippen molar-refractivity contribution in [3.05, 3.63) is 38.6 Å². The maximum Gasteiger partial charge on any atom is 0.296 e. The van der Waals surface area contributed by atoms with Crippen LogP contribution in [0.3, 0.4) is 0 Å². The number of nitrogens with zero attached hydrogens (tertiary/aromatic N) is 3. The second-order valence-electron chi connectivity index (χ2n) is 3.53. The summed E-state index contributed by atoms with van der Waals surface area (Å²) in [7, 11) is 1.53. The highest BCUT2D eigenvalue weighted by Crippen LogP contribution is 2.29. The zero-order chi connectivity index (χ0) is 13.3. The molecule has 94 valence electrons. The Bertz CT molecular complexity index is 673. The number of azo groups is 1. The summed E-state index contributed by atoms with van der Waals surface area (Å²) >= 11 is 11.7. The molecule has 0 unspecified atom stereocenters. The van der Waals surface area contributed by atoms with Crippen molar-refractivity contribution in [3.63, 3.8) is 0 Å².